The molecule has 94 valence electrons. The molecule has 0 heterocycles. The number of carbonyl (C=O) groups is 1. The maximum atomic E-state index is 11.1. The van der Waals surface area contributed by atoms with Gasteiger partial charge in [0.25, 0.3) is 0 Å². The number of carboxylic acids is 1. The van der Waals surface area contributed by atoms with Gasteiger partial charge >= 0.3 is 5.97 Å². The summed E-state index contributed by atoms with van der Waals surface area (Å²) in [7, 11) is 0. The molecule has 0 aliphatic heterocycles. The van der Waals surface area contributed by atoms with Crippen molar-refractivity contribution in [3.05, 3.63) is 34.9 Å². The summed E-state index contributed by atoms with van der Waals surface area (Å²) in [4.78, 5) is 11.1. The fourth-order valence-electron chi connectivity index (χ4n) is 1.70. The predicted molar refractivity (Wildman–Crippen MR) is 67.3 cm³/mol. The van der Waals surface area contributed by atoms with Crippen molar-refractivity contribution in [1.82, 2.24) is 0 Å². The van der Waals surface area contributed by atoms with Crippen molar-refractivity contribution in [3.63, 3.8) is 0 Å². The van der Waals surface area contributed by atoms with Crippen molar-refractivity contribution in [1.29, 1.82) is 0 Å². The molecule has 1 N–H and O–H groups in total. The van der Waals surface area contributed by atoms with Gasteiger partial charge in [0, 0.05) is 13.0 Å². The zero-order valence-corrected chi connectivity index (χ0v) is 10.7. The minimum Gasteiger partial charge on any atom is -0.479 e. The van der Waals surface area contributed by atoms with Crippen LogP contribution in [0.25, 0.3) is 0 Å². The van der Waals surface area contributed by atoms with Crippen LogP contribution < -0.4 is 0 Å². The van der Waals surface area contributed by atoms with E-state index in [0.717, 1.165) is 23.1 Å². The highest BCUT2D eigenvalue weighted by atomic mass is 16.5. The van der Waals surface area contributed by atoms with Crippen LogP contribution in [0, 0.1) is 13.8 Å². The number of aryl methyl sites for hydroxylation is 2. The minimum atomic E-state index is -0.889. The van der Waals surface area contributed by atoms with Crippen molar-refractivity contribution < 1.29 is 14.6 Å². The maximum absolute atomic E-state index is 11.1. The molecule has 1 atom stereocenters. The molecule has 0 bridgehead atoms. The molecule has 1 rings (SSSR count). The quantitative estimate of drug-likeness (QED) is 0.826. The van der Waals surface area contributed by atoms with Gasteiger partial charge in [-0.25, -0.2) is 4.79 Å². The van der Waals surface area contributed by atoms with E-state index >= 15 is 0 Å². The van der Waals surface area contributed by atoms with Gasteiger partial charge in [-0.2, -0.15) is 0 Å². The maximum Gasteiger partial charge on any atom is 0.333 e. The lowest BCUT2D eigenvalue weighted by Gasteiger charge is -2.15. The largest absolute Gasteiger partial charge is 0.479 e. The fraction of sp³-hybridized carbons (Fsp3) is 0.500. The lowest BCUT2D eigenvalue weighted by atomic mass is 10.00. The topological polar surface area (TPSA) is 46.5 Å². The molecule has 0 amide bonds. The predicted octanol–water partition coefficient (Wildman–Crippen LogP) is 2.73. The van der Waals surface area contributed by atoms with Gasteiger partial charge in [-0.1, -0.05) is 30.7 Å². The first kappa shape index (κ1) is 13.7. The number of benzene rings is 1. The molecule has 1 aromatic carbocycles. The third-order valence-corrected chi connectivity index (χ3v) is 2.71. The number of ether oxygens (including phenoxy) is 1. The molecule has 0 saturated heterocycles. The van der Waals surface area contributed by atoms with Crippen LogP contribution in [0.2, 0.25) is 0 Å². The molecule has 3 nitrogen and oxygen atoms in total. The minimum absolute atomic E-state index is 0.433. The summed E-state index contributed by atoms with van der Waals surface area (Å²) < 4.78 is 5.35. The molecule has 0 radical (unpaired) electrons. The van der Waals surface area contributed by atoms with Crippen LogP contribution >= 0.6 is 0 Å². The number of carboxylic acid groups (broad SMARTS) is 1. The molecular weight excluding hydrogens is 216 g/mol. The van der Waals surface area contributed by atoms with Crippen LogP contribution in [0.5, 0.6) is 0 Å². The van der Waals surface area contributed by atoms with Crippen LogP contribution in [-0.2, 0) is 16.0 Å². The summed E-state index contributed by atoms with van der Waals surface area (Å²) >= 11 is 0. The van der Waals surface area contributed by atoms with Crippen LogP contribution in [0.15, 0.2) is 18.2 Å². The van der Waals surface area contributed by atoms with Crippen LogP contribution in [-0.4, -0.2) is 23.8 Å². The van der Waals surface area contributed by atoms with Crippen LogP contribution in [0.1, 0.15) is 30.0 Å². The first-order valence-electron chi connectivity index (χ1n) is 5.95. The highest BCUT2D eigenvalue weighted by Crippen LogP contribution is 2.14. The highest BCUT2D eigenvalue weighted by Gasteiger charge is 2.19. The summed E-state index contributed by atoms with van der Waals surface area (Å²) in [5, 5.41) is 9.10. The molecule has 0 saturated carbocycles. The normalized spacial score (nSPS) is 12.4. The van der Waals surface area contributed by atoms with Crippen molar-refractivity contribution in [2.24, 2.45) is 0 Å². The fourth-order valence-corrected chi connectivity index (χ4v) is 1.70. The average molecular weight is 236 g/mol. The van der Waals surface area contributed by atoms with E-state index in [9.17, 15) is 4.79 Å². The van der Waals surface area contributed by atoms with E-state index in [0.29, 0.717) is 13.0 Å². The number of aliphatic carboxylic acids is 1. The van der Waals surface area contributed by atoms with Gasteiger partial charge in [0.15, 0.2) is 6.10 Å². The average Bonchev–Trinajstić information content (AvgIpc) is 2.28. The van der Waals surface area contributed by atoms with E-state index in [1.165, 1.54) is 0 Å². The van der Waals surface area contributed by atoms with Crippen LogP contribution in [0.3, 0.4) is 0 Å². The Kier molecular flexibility index (Phi) is 5.16. The van der Waals surface area contributed by atoms with Crippen molar-refractivity contribution >= 4 is 5.97 Å². The Morgan fingerprint density at radius 3 is 2.71 bits per heavy atom. The summed E-state index contributed by atoms with van der Waals surface area (Å²) in [5.41, 5.74) is 3.31. The second-order valence-electron chi connectivity index (χ2n) is 4.33. The van der Waals surface area contributed by atoms with Gasteiger partial charge in [0.1, 0.15) is 0 Å². The van der Waals surface area contributed by atoms with Crippen molar-refractivity contribution in [2.75, 3.05) is 6.61 Å². The SMILES string of the molecule is CCCO[C@H](Cc1cc(C)ccc1C)C(=O)O. The number of hydrogen-bond acceptors (Lipinski definition) is 2. The van der Waals surface area contributed by atoms with E-state index in [-0.39, 0.29) is 0 Å². The second kappa shape index (κ2) is 6.40. The number of rotatable bonds is 6. The first-order chi connectivity index (χ1) is 8.04. The summed E-state index contributed by atoms with van der Waals surface area (Å²) in [6, 6.07) is 6.07. The molecule has 0 aliphatic rings. The van der Waals surface area contributed by atoms with Gasteiger partial charge < -0.3 is 9.84 Å². The first-order valence-corrected chi connectivity index (χ1v) is 5.95. The lowest BCUT2D eigenvalue weighted by molar-refractivity contribution is -0.150. The molecule has 0 unspecified atom stereocenters. The molecule has 0 aliphatic carbocycles. The Morgan fingerprint density at radius 2 is 2.12 bits per heavy atom. The summed E-state index contributed by atoms with van der Waals surface area (Å²) in [6.45, 7) is 6.46. The van der Waals surface area contributed by atoms with E-state index in [2.05, 4.69) is 0 Å². The van der Waals surface area contributed by atoms with E-state index in [1.807, 2.05) is 39.0 Å². The molecule has 0 aromatic heterocycles. The van der Waals surface area contributed by atoms with E-state index in [4.69, 9.17) is 9.84 Å². The van der Waals surface area contributed by atoms with Gasteiger partial charge in [-0.05, 0) is 31.4 Å². The highest BCUT2D eigenvalue weighted by molar-refractivity contribution is 5.72. The third kappa shape index (κ3) is 4.19. The van der Waals surface area contributed by atoms with Gasteiger partial charge in [0.2, 0.25) is 0 Å². The van der Waals surface area contributed by atoms with Crippen molar-refractivity contribution in [3.8, 4) is 0 Å². The smallest absolute Gasteiger partial charge is 0.333 e. The Labute approximate surface area is 102 Å². The van der Waals surface area contributed by atoms with Crippen molar-refractivity contribution in [2.45, 2.75) is 39.7 Å². The molecule has 1 aromatic rings. The Hall–Kier alpha value is -1.35. The van der Waals surface area contributed by atoms with Crippen LogP contribution in [0.4, 0.5) is 0 Å². The lowest BCUT2D eigenvalue weighted by Crippen LogP contribution is -2.27. The third-order valence-electron chi connectivity index (χ3n) is 2.71. The second-order valence-corrected chi connectivity index (χ2v) is 4.33. The molecule has 17 heavy (non-hydrogen) atoms. The monoisotopic (exact) mass is 236 g/mol. The van der Waals surface area contributed by atoms with E-state index < -0.39 is 12.1 Å². The Balaban J connectivity index is 2.78. The zero-order valence-electron chi connectivity index (χ0n) is 10.7. The molecular formula is C14H20O3. The van der Waals surface area contributed by atoms with E-state index in [1.54, 1.807) is 0 Å². The Morgan fingerprint density at radius 1 is 1.41 bits per heavy atom. The summed E-state index contributed by atoms with van der Waals surface area (Å²) in [5.74, 6) is -0.889. The van der Waals surface area contributed by atoms with Gasteiger partial charge in [-0.15, -0.1) is 0 Å². The number of hydrogen-bond donors (Lipinski definition) is 1. The van der Waals surface area contributed by atoms with Gasteiger partial charge in [0.05, 0.1) is 0 Å². The zero-order chi connectivity index (χ0) is 12.8. The molecule has 0 spiro atoms. The molecule has 0 fully saturated rings. The summed E-state index contributed by atoms with van der Waals surface area (Å²) in [6.07, 6.45) is 0.523. The standard InChI is InChI=1S/C14H20O3/c1-4-7-17-13(14(15)16)9-12-8-10(2)5-6-11(12)3/h5-6,8,13H,4,7,9H2,1-3H3,(H,15,16)/t13-/m1/s1. The Bertz CT molecular complexity index is 385. The van der Waals surface area contributed by atoms with Gasteiger partial charge in [-0.3, -0.25) is 0 Å². The molecule has 3 heteroatoms.